The van der Waals surface area contributed by atoms with E-state index in [1.807, 2.05) is 4.90 Å². The minimum Gasteiger partial charge on any atom is -0.361 e. The number of unbranched alkanes of at least 4 members (excludes halogenated alkanes) is 2. The van der Waals surface area contributed by atoms with Crippen LogP contribution in [-0.4, -0.2) is 34.0 Å². The molecule has 0 aromatic carbocycles. The highest BCUT2D eigenvalue weighted by Gasteiger charge is 2.28. The molecule has 1 aliphatic carbocycles. The third kappa shape index (κ3) is 16.8. The molecule has 2 amide bonds. The Kier molecular flexibility index (Phi) is 17.0. The van der Waals surface area contributed by atoms with Gasteiger partial charge in [0.15, 0.2) is 0 Å². The zero-order chi connectivity index (χ0) is 19.9. The van der Waals surface area contributed by atoms with Gasteiger partial charge in [0.2, 0.25) is 0 Å². The lowest BCUT2D eigenvalue weighted by atomic mass is 9.76. The highest BCUT2D eigenvalue weighted by atomic mass is 32.1. The van der Waals surface area contributed by atoms with Crippen LogP contribution in [0.15, 0.2) is 0 Å². The van der Waals surface area contributed by atoms with Crippen molar-refractivity contribution in [3.8, 4) is 0 Å². The molecule has 0 spiro atoms. The molecule has 0 aliphatic heterocycles. The number of hydrogen-bond acceptors (Lipinski definition) is 3. The Balaban J connectivity index is 0. The Labute approximate surface area is 165 Å². The summed E-state index contributed by atoms with van der Waals surface area (Å²) in [6.07, 6.45) is 9.67. The van der Waals surface area contributed by atoms with Crippen molar-refractivity contribution < 1.29 is 9.59 Å². The molecule has 1 saturated carbocycles. The zero-order valence-electron chi connectivity index (χ0n) is 16.5. The minimum atomic E-state index is -0.639. The molecule has 2 unspecified atom stereocenters. The molecule has 4 N–H and O–H groups in total. The molecule has 1 rings (SSSR count). The summed E-state index contributed by atoms with van der Waals surface area (Å²) in [5.74, 6) is 0.728. The van der Waals surface area contributed by atoms with Gasteiger partial charge in [-0.3, -0.25) is 9.59 Å². The molecule has 5 nitrogen and oxygen atoms in total. The van der Waals surface area contributed by atoms with Gasteiger partial charge in [0.05, 0.1) is 0 Å². The van der Waals surface area contributed by atoms with Crippen molar-refractivity contribution in [2.24, 2.45) is 17.4 Å². The van der Waals surface area contributed by atoms with Gasteiger partial charge in [-0.15, -0.1) is 0 Å². The first-order chi connectivity index (χ1) is 11.6. The Morgan fingerprint density at radius 3 is 1.80 bits per heavy atom. The second kappa shape index (κ2) is 15.8. The van der Waals surface area contributed by atoms with Crippen molar-refractivity contribution in [2.75, 3.05) is 13.1 Å². The summed E-state index contributed by atoms with van der Waals surface area (Å²) in [6, 6.07) is 0. The molecule has 0 bridgehead atoms. The molecule has 0 radical (unpaired) electrons. The first-order valence-corrected chi connectivity index (χ1v) is 10.2. The molecule has 0 aromatic heterocycles. The smallest absolute Gasteiger partial charge is 0.278 e. The number of rotatable bonds is 6. The van der Waals surface area contributed by atoms with Gasteiger partial charge in [0.1, 0.15) is 0 Å². The van der Waals surface area contributed by atoms with Gasteiger partial charge in [0, 0.05) is 18.6 Å². The van der Waals surface area contributed by atoms with Crippen LogP contribution in [0, 0.1) is 5.92 Å². The Morgan fingerprint density at radius 2 is 1.56 bits per heavy atom. The van der Waals surface area contributed by atoms with E-state index in [9.17, 15) is 4.79 Å². The molecule has 1 fully saturated rings. The number of carbonyl (C=O) groups is 2. The van der Waals surface area contributed by atoms with E-state index in [4.69, 9.17) is 10.5 Å². The first-order valence-electron chi connectivity index (χ1n) is 9.33. The number of hydrogen-bond donors (Lipinski definition) is 4. The summed E-state index contributed by atoms with van der Waals surface area (Å²) in [5, 5.41) is -0.725. The maximum atomic E-state index is 10.9. The van der Waals surface area contributed by atoms with Crippen LogP contribution in [0.2, 0.25) is 0 Å². The third-order valence-electron chi connectivity index (χ3n) is 4.56. The summed E-state index contributed by atoms with van der Waals surface area (Å²) >= 11 is 6.93. The van der Waals surface area contributed by atoms with Gasteiger partial charge in [-0.05, 0) is 38.5 Å². The Bertz CT molecular complexity index is 354. The molecule has 0 heterocycles. The van der Waals surface area contributed by atoms with Crippen LogP contribution < -0.4 is 11.5 Å². The molecular weight excluding hydrogens is 354 g/mol. The summed E-state index contributed by atoms with van der Waals surface area (Å²) in [7, 11) is 0. The number of thiol groups is 2. The van der Waals surface area contributed by atoms with Gasteiger partial charge in [-0.25, -0.2) is 0 Å². The lowest BCUT2D eigenvalue weighted by Crippen LogP contribution is -2.44. The summed E-state index contributed by atoms with van der Waals surface area (Å²) in [4.78, 5) is 21.8. The van der Waals surface area contributed by atoms with Crippen LogP contribution in [0.1, 0.15) is 79.1 Å². The lowest BCUT2D eigenvalue weighted by Gasteiger charge is -2.35. The first kappa shape index (κ1) is 26.8. The average molecular weight is 394 g/mol. The van der Waals surface area contributed by atoms with Crippen LogP contribution in [-0.2, 0) is 0 Å². The molecule has 1 aliphatic rings. The van der Waals surface area contributed by atoms with Gasteiger partial charge >= 0.3 is 0 Å². The normalized spacial score (nSPS) is 22.0. The topological polar surface area (TPSA) is 89.4 Å². The van der Waals surface area contributed by atoms with E-state index in [1.54, 1.807) is 0 Å². The number of nitrogens with zero attached hydrogens (tertiary/aromatic N) is 1. The van der Waals surface area contributed by atoms with E-state index >= 15 is 0 Å². The maximum Gasteiger partial charge on any atom is 0.278 e. The monoisotopic (exact) mass is 393 g/mol. The van der Waals surface area contributed by atoms with E-state index in [1.165, 1.54) is 25.7 Å². The van der Waals surface area contributed by atoms with Crippen molar-refractivity contribution in [3.63, 3.8) is 0 Å². The fourth-order valence-corrected chi connectivity index (χ4v) is 2.73. The van der Waals surface area contributed by atoms with Gasteiger partial charge < -0.3 is 16.4 Å². The minimum absolute atomic E-state index is 0.0862. The number of nitrogens with two attached hydrogens (primary N) is 2. The second-order valence-corrected chi connectivity index (χ2v) is 7.79. The molecule has 150 valence electrons. The Hall–Kier alpha value is -0.400. The predicted octanol–water partition coefficient (Wildman–Crippen LogP) is 4.85. The van der Waals surface area contributed by atoms with Crippen molar-refractivity contribution in [2.45, 2.75) is 84.6 Å². The van der Waals surface area contributed by atoms with Gasteiger partial charge in [-0.2, -0.15) is 0 Å². The number of primary amides is 1. The van der Waals surface area contributed by atoms with Crippen LogP contribution in [0.5, 0.6) is 0 Å². The largest absolute Gasteiger partial charge is 0.361 e. The van der Waals surface area contributed by atoms with Crippen LogP contribution in [0.3, 0.4) is 0 Å². The number of amides is 2. The van der Waals surface area contributed by atoms with E-state index in [-0.39, 0.29) is 10.8 Å². The molecule has 0 aromatic rings. The summed E-state index contributed by atoms with van der Waals surface area (Å²) < 4.78 is 0. The molecule has 7 heteroatoms. The molecule has 0 saturated heterocycles. The SMILES string of the molecule is CC1CCCCC1(C)N.CCCCN(CCCC)C(=O)S.NC(=O)S. The highest BCUT2D eigenvalue weighted by Crippen LogP contribution is 2.30. The highest BCUT2D eigenvalue weighted by molar-refractivity contribution is 7.96. The van der Waals surface area contributed by atoms with Crippen molar-refractivity contribution in [1.82, 2.24) is 4.90 Å². The molecule has 2 atom stereocenters. The lowest BCUT2D eigenvalue weighted by molar-refractivity contribution is 0.221. The predicted molar refractivity (Wildman–Crippen MR) is 115 cm³/mol. The fourth-order valence-electron chi connectivity index (χ4n) is 2.53. The standard InChI is InChI=1S/C9H19NOS.C8H17N.CH3NOS/c1-3-5-7-10(9(11)12)8-6-4-2;1-7-5-3-4-6-8(7,2)9;2-1(3)4/h3-8H2,1-2H3,(H,11,12);7H,3-6,9H2,1-2H3;(H3,2,3,4). The summed E-state index contributed by atoms with van der Waals surface area (Å²) in [6.45, 7) is 10.4. The van der Waals surface area contributed by atoms with Crippen LogP contribution >= 0.6 is 25.3 Å². The summed E-state index contributed by atoms with van der Waals surface area (Å²) in [5.41, 5.74) is 10.5. The fraction of sp³-hybridized carbons (Fsp3) is 0.889. The molecular formula is C18H39N3O2S2. The van der Waals surface area contributed by atoms with Crippen molar-refractivity contribution >= 4 is 35.7 Å². The van der Waals surface area contributed by atoms with E-state index < -0.39 is 5.24 Å². The van der Waals surface area contributed by atoms with Crippen LogP contribution in [0.4, 0.5) is 9.59 Å². The van der Waals surface area contributed by atoms with Crippen molar-refractivity contribution in [3.05, 3.63) is 0 Å². The zero-order valence-corrected chi connectivity index (χ0v) is 18.3. The average Bonchev–Trinajstić information content (AvgIpc) is 2.50. The van der Waals surface area contributed by atoms with E-state index in [2.05, 4.69) is 58.7 Å². The van der Waals surface area contributed by atoms with E-state index in [0.717, 1.165) is 44.7 Å². The quantitative estimate of drug-likeness (QED) is 0.486. The van der Waals surface area contributed by atoms with Gasteiger partial charge in [0.25, 0.3) is 10.5 Å². The molecule has 25 heavy (non-hydrogen) atoms. The number of carbonyl (C=O) groups excluding carboxylic acids is 2. The maximum absolute atomic E-state index is 10.9. The van der Waals surface area contributed by atoms with Crippen molar-refractivity contribution in [1.29, 1.82) is 0 Å². The Morgan fingerprint density at radius 1 is 1.12 bits per heavy atom. The van der Waals surface area contributed by atoms with Gasteiger partial charge in [-0.1, -0.05) is 71.7 Å². The third-order valence-corrected chi connectivity index (χ3v) is 4.84. The second-order valence-electron chi connectivity index (χ2n) is 6.97. The van der Waals surface area contributed by atoms with E-state index in [0.29, 0.717) is 0 Å². The van der Waals surface area contributed by atoms with Crippen LogP contribution in [0.25, 0.3) is 0 Å².